The van der Waals surface area contributed by atoms with Gasteiger partial charge in [-0.3, -0.25) is 0 Å². The molecule has 0 amide bonds. The van der Waals surface area contributed by atoms with E-state index >= 15 is 0 Å². The minimum Gasteiger partial charge on any atom is -0.492 e. The minimum absolute atomic E-state index is 0.175. The molecule has 12 bridgehead atoms. The van der Waals surface area contributed by atoms with E-state index in [1.54, 1.807) is 0 Å². The summed E-state index contributed by atoms with van der Waals surface area (Å²) in [6.45, 7) is 24.1. The van der Waals surface area contributed by atoms with Crippen molar-refractivity contribution in [3.63, 3.8) is 0 Å². The van der Waals surface area contributed by atoms with Crippen LogP contribution in [0.2, 0.25) is 0 Å². The highest BCUT2D eigenvalue weighted by Gasteiger charge is 2.47. The SMILES string of the molecule is CCCCOc1c2c(c(OCCCC)c3c1[C@@H]1C=C[C@H]3O1)-c1nc-2nc2[nH]c(nc3nc(nc4[nH]c(n1)c1cc(C(C)(C)C)ccc41)-c1c(OCCCC)c4c(c(OCCCC)c1-3)[C@H]1C=C[C@@H]4O1)c1cc(C(C)(C)C)ccc21. The van der Waals surface area contributed by atoms with E-state index in [1.165, 1.54) is 0 Å². The topological polar surface area (TPSA) is 164 Å². The molecule has 0 fully saturated rings. The molecule has 4 atom stereocenters. The molecule has 0 saturated carbocycles. The molecule has 6 aliphatic heterocycles. The zero-order valence-electron chi connectivity index (χ0n) is 46.7. The number of nitrogens with one attached hydrogen (secondary N) is 2. The second-order valence-corrected chi connectivity index (χ2v) is 23.6. The van der Waals surface area contributed by atoms with Crippen molar-refractivity contribution in [3.05, 3.63) is 94.1 Å². The van der Waals surface area contributed by atoms with Crippen LogP contribution in [0.15, 0.2) is 60.7 Å². The normalized spacial score (nSPS) is 18.3. The molecule has 14 nitrogen and oxygen atoms in total. The van der Waals surface area contributed by atoms with Crippen LogP contribution in [0.3, 0.4) is 0 Å². The lowest BCUT2D eigenvalue weighted by molar-refractivity contribution is 0.0854. The van der Waals surface area contributed by atoms with Gasteiger partial charge in [0, 0.05) is 43.8 Å². The molecular weight excluding hydrogens is 977 g/mol. The molecule has 4 aromatic carbocycles. The summed E-state index contributed by atoms with van der Waals surface area (Å²) in [5.41, 5.74) is 11.0. The number of rotatable bonds is 16. The Morgan fingerprint density at radius 1 is 0.397 bits per heavy atom. The molecule has 0 radical (unpaired) electrons. The largest absolute Gasteiger partial charge is 0.492 e. The molecule has 0 spiro atoms. The second-order valence-electron chi connectivity index (χ2n) is 23.6. The van der Waals surface area contributed by atoms with Gasteiger partial charge < -0.3 is 38.4 Å². The van der Waals surface area contributed by atoms with Crippen molar-refractivity contribution in [1.29, 1.82) is 0 Å². The number of fused-ring (bicyclic) bond motifs is 30. The van der Waals surface area contributed by atoms with Gasteiger partial charge in [0.25, 0.3) is 0 Å². The summed E-state index contributed by atoms with van der Waals surface area (Å²) in [4.78, 5) is 40.9. The van der Waals surface area contributed by atoms with Gasteiger partial charge in [0.2, 0.25) is 0 Å². The van der Waals surface area contributed by atoms with Crippen LogP contribution in [0, 0.1) is 0 Å². The van der Waals surface area contributed by atoms with Gasteiger partial charge >= 0.3 is 0 Å². The molecule has 0 aliphatic carbocycles. The number of nitrogens with zero attached hydrogens (tertiary/aromatic N) is 6. The Bertz CT molecular complexity index is 3590. The molecule has 6 aliphatic rings. The molecule has 3 aromatic heterocycles. The van der Waals surface area contributed by atoms with Gasteiger partial charge in [-0.1, -0.05) is 143 Å². The van der Waals surface area contributed by atoms with E-state index in [9.17, 15) is 0 Å². The lowest BCUT2D eigenvalue weighted by atomic mass is 9.86. The number of hydrogen-bond donors (Lipinski definition) is 2. The van der Waals surface area contributed by atoms with Gasteiger partial charge in [-0.05, 0) is 59.8 Å². The number of hydrogen-bond acceptors (Lipinski definition) is 12. The van der Waals surface area contributed by atoms with Crippen molar-refractivity contribution < 1.29 is 28.4 Å². The van der Waals surface area contributed by atoms with E-state index in [0.29, 0.717) is 95.3 Å². The summed E-state index contributed by atoms with van der Waals surface area (Å²) in [6, 6.07) is 13.1. The van der Waals surface area contributed by atoms with Crippen LogP contribution in [0.5, 0.6) is 23.0 Å². The van der Waals surface area contributed by atoms with E-state index in [4.69, 9.17) is 58.3 Å². The number of H-pyrrole nitrogens is 2. The average molecular weight is 1050 g/mol. The van der Waals surface area contributed by atoms with Gasteiger partial charge in [0.1, 0.15) is 70.0 Å². The molecule has 0 unspecified atom stereocenters. The van der Waals surface area contributed by atoms with Gasteiger partial charge in [0.05, 0.1) is 48.7 Å². The quantitative estimate of drug-likeness (QED) is 0.0696. The zero-order chi connectivity index (χ0) is 53.8. The Hall–Kier alpha value is -7.16. The first-order valence-electron chi connectivity index (χ1n) is 28.6. The van der Waals surface area contributed by atoms with Crippen molar-refractivity contribution in [3.8, 4) is 68.5 Å². The molecule has 0 saturated heterocycles. The third-order valence-corrected chi connectivity index (χ3v) is 16.0. The lowest BCUT2D eigenvalue weighted by Gasteiger charge is -2.22. The molecule has 13 rings (SSSR count). The fraction of sp³-hybridized carbons (Fsp3) is 0.438. The molecule has 14 heteroatoms. The smallest absolute Gasteiger partial charge is 0.168 e. The van der Waals surface area contributed by atoms with E-state index in [2.05, 4.69) is 140 Å². The van der Waals surface area contributed by atoms with Crippen molar-refractivity contribution in [1.82, 2.24) is 39.9 Å². The monoisotopic (exact) mass is 1050 g/mol. The van der Waals surface area contributed by atoms with Crippen LogP contribution in [-0.4, -0.2) is 66.3 Å². The fourth-order valence-corrected chi connectivity index (χ4v) is 11.7. The molecule has 402 valence electrons. The standard InChI is InChI=1S/C64H70N8O6/c1-11-15-27-73-51-43-39-23-25-41(77-39)45(43)53(75-29-17-13-3)49-47(51)59-67-55-35-21-19-33(63(5,6)7)31-37(35)58(65-55)70-62-50-48(52(74-28-16-12-2)44-40-24-26-42(78-40)46(44)54(50)76-30-18-14-4)60(72-62)68-56-36-22-20-34(64(8,9)10)32-38(36)57(66-56)69-61(49)71-59/h19-26,31-32,39-42H,11-18,27-30H2,1-10H3,(H2,65,66,67,68,69,70,71,72)/t39-,40-,41+,42+/m0/s1. The number of benzene rings is 4. The molecule has 78 heavy (non-hydrogen) atoms. The van der Waals surface area contributed by atoms with Gasteiger partial charge in [0.15, 0.2) is 23.3 Å². The third-order valence-electron chi connectivity index (χ3n) is 16.0. The van der Waals surface area contributed by atoms with Crippen LogP contribution in [0.1, 0.15) is 178 Å². The first kappa shape index (κ1) is 50.4. The van der Waals surface area contributed by atoms with E-state index in [-0.39, 0.29) is 35.2 Å². The van der Waals surface area contributed by atoms with Crippen LogP contribution < -0.4 is 18.9 Å². The summed E-state index contributed by atoms with van der Waals surface area (Å²) in [6.07, 6.45) is 14.6. The van der Waals surface area contributed by atoms with Crippen LogP contribution in [-0.2, 0) is 20.3 Å². The first-order valence-corrected chi connectivity index (χ1v) is 28.6. The van der Waals surface area contributed by atoms with Crippen LogP contribution in [0.25, 0.3) is 89.7 Å². The Morgan fingerprint density at radius 3 is 0.949 bits per heavy atom. The molecule has 7 aromatic rings. The lowest BCUT2D eigenvalue weighted by Crippen LogP contribution is -2.10. The average Bonchev–Trinajstić information content (AvgIpc) is 4.50. The van der Waals surface area contributed by atoms with E-state index < -0.39 is 0 Å². The summed E-state index contributed by atoms with van der Waals surface area (Å²) < 4.78 is 41.4. The predicted octanol–water partition coefficient (Wildman–Crippen LogP) is 15.5. The number of aromatic amines is 2. The van der Waals surface area contributed by atoms with Crippen molar-refractivity contribution in [2.24, 2.45) is 0 Å². The molecule has 9 heterocycles. The Morgan fingerprint density at radius 2 is 0.679 bits per heavy atom. The zero-order valence-corrected chi connectivity index (χ0v) is 46.7. The highest BCUT2D eigenvalue weighted by molar-refractivity contribution is 6.08. The maximum Gasteiger partial charge on any atom is 0.168 e. The summed E-state index contributed by atoms with van der Waals surface area (Å²) in [7, 11) is 0. The van der Waals surface area contributed by atoms with Crippen LogP contribution >= 0.6 is 0 Å². The first-order chi connectivity index (χ1) is 37.8. The van der Waals surface area contributed by atoms with Crippen molar-refractivity contribution in [2.75, 3.05) is 26.4 Å². The summed E-state index contributed by atoms with van der Waals surface area (Å²) >= 11 is 0. The van der Waals surface area contributed by atoms with Gasteiger partial charge in [-0.15, -0.1) is 0 Å². The van der Waals surface area contributed by atoms with Crippen molar-refractivity contribution >= 4 is 44.1 Å². The Balaban J connectivity index is 1.21. The van der Waals surface area contributed by atoms with E-state index in [0.717, 1.165) is 129 Å². The maximum absolute atomic E-state index is 7.00. The van der Waals surface area contributed by atoms with E-state index in [1.807, 2.05) is 0 Å². The van der Waals surface area contributed by atoms with Gasteiger partial charge in [-0.2, -0.15) is 0 Å². The number of ether oxygens (including phenoxy) is 6. The summed E-state index contributed by atoms with van der Waals surface area (Å²) in [5, 5.41) is 3.51. The Labute approximate surface area is 455 Å². The molecular formula is C64H70N8O6. The van der Waals surface area contributed by atoms with Gasteiger partial charge in [-0.25, -0.2) is 29.9 Å². The molecule has 2 N–H and O–H groups in total. The number of aromatic nitrogens is 8. The predicted molar refractivity (Wildman–Crippen MR) is 306 cm³/mol. The fourth-order valence-electron chi connectivity index (χ4n) is 11.7. The minimum atomic E-state index is -0.312. The highest BCUT2D eigenvalue weighted by Crippen LogP contribution is 2.62. The second kappa shape index (κ2) is 19.3. The maximum atomic E-state index is 7.00. The highest BCUT2D eigenvalue weighted by atomic mass is 16.5. The van der Waals surface area contributed by atoms with Crippen molar-refractivity contribution in [2.45, 2.75) is 156 Å². The Kier molecular flexibility index (Phi) is 12.5. The third kappa shape index (κ3) is 8.18. The van der Waals surface area contributed by atoms with Crippen LogP contribution in [0.4, 0.5) is 0 Å². The summed E-state index contributed by atoms with van der Waals surface area (Å²) in [5.74, 6) is 4.58. The number of unbranched alkanes of at least 4 members (excludes halogenated alkanes) is 4.